The van der Waals surface area contributed by atoms with Gasteiger partial charge in [0.1, 0.15) is 12.4 Å². The minimum Gasteiger partial charge on any atom is -0.389 e. The maximum atomic E-state index is 13.5. The highest BCUT2D eigenvalue weighted by molar-refractivity contribution is 5.57. The molecule has 0 aliphatic heterocycles. The second-order valence-electron chi connectivity index (χ2n) is 4.47. The van der Waals surface area contributed by atoms with Crippen molar-refractivity contribution in [3.63, 3.8) is 0 Å². The number of nitrogens with zero attached hydrogens (tertiary/aromatic N) is 1. The zero-order chi connectivity index (χ0) is 14.8. The fourth-order valence-corrected chi connectivity index (χ4v) is 1.87. The summed E-state index contributed by atoms with van der Waals surface area (Å²) in [6.45, 7) is 3.44. The molecule has 1 rings (SSSR count). The molecule has 0 unspecified atom stereocenters. The van der Waals surface area contributed by atoms with E-state index in [-0.39, 0.29) is 23.4 Å². The molecule has 19 heavy (non-hydrogen) atoms. The Labute approximate surface area is 109 Å². The second kappa shape index (κ2) is 5.77. The van der Waals surface area contributed by atoms with Crippen LogP contribution in [0.3, 0.4) is 0 Å². The largest absolute Gasteiger partial charge is 0.405 e. The lowest BCUT2D eigenvalue weighted by atomic mass is 10.0. The number of aryl methyl sites for hydroxylation is 1. The predicted molar refractivity (Wildman–Crippen MR) is 65.7 cm³/mol. The zero-order valence-corrected chi connectivity index (χ0v) is 11.1. The summed E-state index contributed by atoms with van der Waals surface area (Å²) in [5, 5.41) is 9.59. The minimum absolute atomic E-state index is 0.115. The van der Waals surface area contributed by atoms with Crippen LogP contribution in [0.1, 0.15) is 31.1 Å². The van der Waals surface area contributed by atoms with Gasteiger partial charge in [0.25, 0.3) is 0 Å². The van der Waals surface area contributed by atoms with E-state index in [0.717, 1.165) is 11.0 Å². The smallest absolute Gasteiger partial charge is 0.389 e. The number of rotatable bonds is 4. The number of aliphatic hydroxyl groups is 1. The Kier molecular flexibility index (Phi) is 4.79. The lowest BCUT2D eigenvalue weighted by Crippen LogP contribution is -2.35. The standard InChI is InChI=1S/C13H17F4NO/c1-4-18(7-13(15,16)17)12-5-8(2)11(14)6-10(12)9(3)19/h5-6,9,19H,4,7H2,1-3H3/t9-/m0/s1. The molecule has 0 saturated carbocycles. The van der Waals surface area contributed by atoms with Crippen LogP contribution in [-0.4, -0.2) is 24.4 Å². The summed E-state index contributed by atoms with van der Waals surface area (Å²) in [7, 11) is 0. The fourth-order valence-electron chi connectivity index (χ4n) is 1.87. The molecule has 0 heterocycles. The summed E-state index contributed by atoms with van der Waals surface area (Å²) >= 11 is 0. The van der Waals surface area contributed by atoms with Gasteiger partial charge in [-0.15, -0.1) is 0 Å². The SMILES string of the molecule is CCN(CC(F)(F)F)c1cc(C)c(F)cc1[C@H](C)O. The lowest BCUT2D eigenvalue weighted by Gasteiger charge is -2.28. The van der Waals surface area contributed by atoms with E-state index in [0.29, 0.717) is 0 Å². The number of hydrogen-bond donors (Lipinski definition) is 1. The summed E-state index contributed by atoms with van der Waals surface area (Å²) in [6, 6.07) is 2.43. The van der Waals surface area contributed by atoms with E-state index >= 15 is 0 Å². The Hall–Kier alpha value is -1.30. The van der Waals surface area contributed by atoms with E-state index in [1.54, 1.807) is 6.92 Å². The summed E-state index contributed by atoms with van der Waals surface area (Å²) in [4.78, 5) is 1.08. The molecule has 0 aliphatic rings. The zero-order valence-electron chi connectivity index (χ0n) is 11.1. The molecule has 0 fully saturated rings. The van der Waals surface area contributed by atoms with E-state index in [1.165, 1.54) is 19.9 Å². The molecule has 0 amide bonds. The number of benzene rings is 1. The lowest BCUT2D eigenvalue weighted by molar-refractivity contribution is -0.119. The van der Waals surface area contributed by atoms with Crippen LogP contribution in [0, 0.1) is 12.7 Å². The normalized spacial score (nSPS) is 13.5. The van der Waals surface area contributed by atoms with Gasteiger partial charge in [0.05, 0.1) is 6.10 Å². The van der Waals surface area contributed by atoms with Gasteiger partial charge in [-0.3, -0.25) is 0 Å². The summed E-state index contributed by atoms with van der Waals surface area (Å²) in [5.41, 5.74) is 0.628. The number of halogens is 4. The number of aliphatic hydroxyl groups excluding tert-OH is 1. The van der Waals surface area contributed by atoms with Crippen LogP contribution in [0.4, 0.5) is 23.2 Å². The third-order valence-corrected chi connectivity index (χ3v) is 2.85. The average Bonchev–Trinajstić information content (AvgIpc) is 2.27. The van der Waals surface area contributed by atoms with Gasteiger partial charge in [-0.25, -0.2) is 4.39 Å². The first-order valence-corrected chi connectivity index (χ1v) is 5.95. The molecule has 0 aliphatic carbocycles. The van der Waals surface area contributed by atoms with Gasteiger partial charge in [-0.05, 0) is 38.5 Å². The van der Waals surface area contributed by atoms with Gasteiger partial charge in [0.2, 0.25) is 0 Å². The summed E-state index contributed by atoms with van der Waals surface area (Å²) in [5.74, 6) is -0.539. The maximum absolute atomic E-state index is 13.5. The van der Waals surface area contributed by atoms with Crippen molar-refractivity contribution >= 4 is 5.69 Å². The molecule has 0 bridgehead atoms. The van der Waals surface area contributed by atoms with Crippen molar-refractivity contribution in [3.05, 3.63) is 29.1 Å². The number of hydrogen-bond acceptors (Lipinski definition) is 2. The molecule has 1 aromatic carbocycles. The Morgan fingerprint density at radius 3 is 2.32 bits per heavy atom. The molecular formula is C13H17F4NO. The van der Waals surface area contributed by atoms with Crippen LogP contribution in [0.5, 0.6) is 0 Å². The molecule has 1 N–H and O–H groups in total. The highest BCUT2D eigenvalue weighted by atomic mass is 19.4. The van der Waals surface area contributed by atoms with Crippen molar-refractivity contribution in [2.24, 2.45) is 0 Å². The number of anilines is 1. The summed E-state index contributed by atoms with van der Waals surface area (Å²) < 4.78 is 51.0. The quantitative estimate of drug-likeness (QED) is 0.852. The first-order chi connectivity index (χ1) is 8.65. The van der Waals surface area contributed by atoms with Crippen molar-refractivity contribution in [2.45, 2.75) is 33.1 Å². The van der Waals surface area contributed by atoms with Crippen LogP contribution in [0.15, 0.2) is 12.1 Å². The Morgan fingerprint density at radius 2 is 1.89 bits per heavy atom. The molecular weight excluding hydrogens is 262 g/mol. The Morgan fingerprint density at radius 1 is 1.32 bits per heavy atom. The topological polar surface area (TPSA) is 23.5 Å². The van der Waals surface area contributed by atoms with Crippen LogP contribution in [0.2, 0.25) is 0 Å². The van der Waals surface area contributed by atoms with Crippen molar-refractivity contribution in [1.82, 2.24) is 0 Å². The van der Waals surface area contributed by atoms with Gasteiger partial charge >= 0.3 is 6.18 Å². The van der Waals surface area contributed by atoms with Crippen LogP contribution >= 0.6 is 0 Å². The van der Waals surface area contributed by atoms with Crippen molar-refractivity contribution < 1.29 is 22.7 Å². The van der Waals surface area contributed by atoms with E-state index in [4.69, 9.17) is 0 Å². The molecule has 1 aromatic rings. The molecule has 0 aromatic heterocycles. The Balaban J connectivity index is 3.25. The van der Waals surface area contributed by atoms with E-state index in [9.17, 15) is 22.7 Å². The van der Waals surface area contributed by atoms with Crippen LogP contribution in [-0.2, 0) is 0 Å². The molecule has 6 heteroatoms. The second-order valence-corrected chi connectivity index (χ2v) is 4.47. The Bertz CT molecular complexity index is 443. The molecule has 2 nitrogen and oxygen atoms in total. The van der Waals surface area contributed by atoms with Crippen LogP contribution in [0.25, 0.3) is 0 Å². The van der Waals surface area contributed by atoms with E-state index in [2.05, 4.69) is 0 Å². The monoisotopic (exact) mass is 279 g/mol. The molecule has 0 spiro atoms. The molecule has 0 radical (unpaired) electrons. The highest BCUT2D eigenvalue weighted by Crippen LogP contribution is 2.31. The van der Waals surface area contributed by atoms with E-state index in [1.807, 2.05) is 0 Å². The number of alkyl halides is 3. The molecule has 0 saturated heterocycles. The highest BCUT2D eigenvalue weighted by Gasteiger charge is 2.31. The first kappa shape index (κ1) is 15.8. The van der Waals surface area contributed by atoms with Gasteiger partial charge in [0.15, 0.2) is 0 Å². The van der Waals surface area contributed by atoms with Gasteiger partial charge in [0, 0.05) is 17.8 Å². The van der Waals surface area contributed by atoms with Gasteiger partial charge < -0.3 is 10.0 Å². The fraction of sp³-hybridized carbons (Fsp3) is 0.538. The minimum atomic E-state index is -4.35. The average molecular weight is 279 g/mol. The first-order valence-electron chi connectivity index (χ1n) is 5.95. The van der Waals surface area contributed by atoms with Crippen molar-refractivity contribution in [2.75, 3.05) is 18.0 Å². The van der Waals surface area contributed by atoms with Gasteiger partial charge in [-0.2, -0.15) is 13.2 Å². The van der Waals surface area contributed by atoms with Crippen molar-refractivity contribution in [1.29, 1.82) is 0 Å². The predicted octanol–water partition coefficient (Wildman–Crippen LogP) is 3.58. The van der Waals surface area contributed by atoms with Crippen LogP contribution < -0.4 is 4.90 Å². The van der Waals surface area contributed by atoms with Gasteiger partial charge in [-0.1, -0.05) is 0 Å². The maximum Gasteiger partial charge on any atom is 0.405 e. The van der Waals surface area contributed by atoms with Crippen molar-refractivity contribution in [3.8, 4) is 0 Å². The summed E-state index contributed by atoms with van der Waals surface area (Å²) in [6.07, 6.45) is -5.39. The van der Waals surface area contributed by atoms with E-state index < -0.39 is 24.6 Å². The third kappa shape index (κ3) is 4.09. The molecule has 1 atom stereocenters. The molecule has 108 valence electrons. The third-order valence-electron chi connectivity index (χ3n) is 2.85.